The van der Waals surface area contributed by atoms with Crippen LogP contribution in [0.4, 0.5) is 5.69 Å². The smallest absolute Gasteiger partial charge is 0.251 e. The minimum atomic E-state index is -0.0990. The van der Waals surface area contributed by atoms with Crippen LogP contribution in [0, 0.1) is 0 Å². The molecule has 1 heterocycles. The van der Waals surface area contributed by atoms with Gasteiger partial charge in [0.15, 0.2) is 11.5 Å². The zero-order valence-electron chi connectivity index (χ0n) is 19.2. The summed E-state index contributed by atoms with van der Waals surface area (Å²) < 4.78 is 11.3. The molecule has 2 aromatic carbocycles. The van der Waals surface area contributed by atoms with Gasteiger partial charge in [-0.3, -0.25) is 9.69 Å². The quantitative estimate of drug-likeness (QED) is 0.621. The van der Waals surface area contributed by atoms with Crippen molar-refractivity contribution in [3.05, 3.63) is 53.6 Å². The van der Waals surface area contributed by atoms with Crippen LogP contribution in [0.2, 0.25) is 0 Å². The second-order valence-corrected chi connectivity index (χ2v) is 7.98. The van der Waals surface area contributed by atoms with Gasteiger partial charge in [0.25, 0.3) is 5.91 Å². The number of ether oxygens (including phenoxy) is 2. The van der Waals surface area contributed by atoms with Crippen LogP contribution >= 0.6 is 0 Å². The zero-order valence-corrected chi connectivity index (χ0v) is 19.2. The predicted molar refractivity (Wildman–Crippen MR) is 125 cm³/mol. The van der Waals surface area contributed by atoms with E-state index in [1.54, 1.807) is 18.2 Å². The van der Waals surface area contributed by atoms with Crippen LogP contribution in [0.1, 0.15) is 48.7 Å². The van der Waals surface area contributed by atoms with E-state index < -0.39 is 0 Å². The Hall–Kier alpha value is -2.73. The summed E-state index contributed by atoms with van der Waals surface area (Å²) in [4.78, 5) is 17.5. The highest BCUT2D eigenvalue weighted by Gasteiger charge is 2.24. The molecule has 3 rings (SSSR count). The van der Waals surface area contributed by atoms with Crippen LogP contribution in [0.25, 0.3) is 0 Å². The van der Waals surface area contributed by atoms with Gasteiger partial charge in [-0.25, -0.2) is 0 Å². The summed E-state index contributed by atoms with van der Waals surface area (Å²) >= 11 is 0. The van der Waals surface area contributed by atoms with Gasteiger partial charge in [0.05, 0.1) is 19.3 Å². The van der Waals surface area contributed by atoms with Crippen molar-refractivity contribution in [2.75, 3.05) is 51.8 Å². The highest BCUT2D eigenvalue weighted by Crippen LogP contribution is 2.29. The van der Waals surface area contributed by atoms with Crippen LogP contribution < -0.4 is 19.7 Å². The van der Waals surface area contributed by atoms with Crippen molar-refractivity contribution >= 4 is 11.6 Å². The second-order valence-electron chi connectivity index (χ2n) is 7.98. The molecule has 2 aromatic rings. The molecule has 0 saturated carbocycles. The highest BCUT2D eigenvalue weighted by molar-refractivity contribution is 5.94. The lowest BCUT2D eigenvalue weighted by atomic mass is 10.0. The molecule has 1 fully saturated rings. The van der Waals surface area contributed by atoms with Crippen LogP contribution in [-0.4, -0.2) is 57.8 Å². The minimum Gasteiger partial charge on any atom is -0.490 e. The summed E-state index contributed by atoms with van der Waals surface area (Å²) in [5.41, 5.74) is 2.98. The summed E-state index contributed by atoms with van der Waals surface area (Å²) in [7, 11) is 4.08. The maximum atomic E-state index is 12.9. The van der Waals surface area contributed by atoms with E-state index in [1.807, 2.05) is 27.9 Å². The van der Waals surface area contributed by atoms with Gasteiger partial charge in [0, 0.05) is 31.9 Å². The average molecular weight is 426 g/mol. The molecule has 1 amide bonds. The number of likely N-dealkylation sites (tertiary alicyclic amines) is 1. The van der Waals surface area contributed by atoms with Crippen molar-refractivity contribution in [1.29, 1.82) is 0 Å². The predicted octanol–water partition coefficient (Wildman–Crippen LogP) is 4.12. The Kier molecular flexibility index (Phi) is 8.18. The number of rotatable bonds is 10. The summed E-state index contributed by atoms with van der Waals surface area (Å²) in [5, 5.41) is 3.15. The number of nitrogens with zero attached hydrogens (tertiary/aromatic N) is 2. The third-order valence-corrected chi connectivity index (χ3v) is 5.64. The molecular weight excluding hydrogens is 390 g/mol. The van der Waals surface area contributed by atoms with Gasteiger partial charge in [0.1, 0.15) is 0 Å². The molecule has 0 radical (unpaired) electrons. The van der Waals surface area contributed by atoms with Crippen molar-refractivity contribution in [2.45, 2.75) is 32.7 Å². The Labute approximate surface area is 186 Å². The molecular formula is C25H35N3O3. The van der Waals surface area contributed by atoms with E-state index in [2.05, 4.69) is 39.4 Å². The van der Waals surface area contributed by atoms with E-state index in [-0.39, 0.29) is 11.9 Å². The van der Waals surface area contributed by atoms with E-state index in [9.17, 15) is 4.79 Å². The first-order chi connectivity index (χ1) is 15.0. The number of amides is 1. The lowest BCUT2D eigenvalue weighted by Gasteiger charge is -2.28. The molecule has 168 valence electrons. The Morgan fingerprint density at radius 3 is 2.26 bits per heavy atom. The average Bonchev–Trinajstić information content (AvgIpc) is 3.30. The molecule has 0 unspecified atom stereocenters. The highest BCUT2D eigenvalue weighted by atomic mass is 16.5. The fourth-order valence-electron chi connectivity index (χ4n) is 3.99. The number of carbonyl (C=O) groups is 1. The van der Waals surface area contributed by atoms with Crippen LogP contribution in [-0.2, 0) is 0 Å². The number of hydrogen-bond donors (Lipinski definition) is 1. The van der Waals surface area contributed by atoms with Crippen LogP contribution in [0.15, 0.2) is 42.5 Å². The third-order valence-electron chi connectivity index (χ3n) is 5.64. The van der Waals surface area contributed by atoms with E-state index in [0.29, 0.717) is 36.8 Å². The van der Waals surface area contributed by atoms with Gasteiger partial charge < -0.3 is 19.7 Å². The van der Waals surface area contributed by atoms with E-state index >= 15 is 0 Å². The molecule has 0 bridgehead atoms. The molecule has 0 aliphatic carbocycles. The largest absolute Gasteiger partial charge is 0.490 e. The van der Waals surface area contributed by atoms with Gasteiger partial charge in [-0.2, -0.15) is 0 Å². The van der Waals surface area contributed by atoms with Gasteiger partial charge >= 0.3 is 0 Å². The van der Waals surface area contributed by atoms with Crippen LogP contribution in [0.3, 0.4) is 0 Å². The fraction of sp³-hybridized carbons (Fsp3) is 0.480. The molecule has 0 spiro atoms. The van der Waals surface area contributed by atoms with Crippen molar-refractivity contribution in [2.24, 2.45) is 0 Å². The van der Waals surface area contributed by atoms with E-state index in [0.717, 1.165) is 13.1 Å². The Morgan fingerprint density at radius 1 is 1.00 bits per heavy atom. The topological polar surface area (TPSA) is 54.0 Å². The van der Waals surface area contributed by atoms with Gasteiger partial charge in [0.2, 0.25) is 0 Å². The SMILES string of the molecule is CCOc1ccc(C(=O)NC[C@H](c2ccc(N(C)C)cc2)N2CCCC2)cc1OCC. The first-order valence-corrected chi connectivity index (χ1v) is 11.2. The Bertz CT molecular complexity index is 846. The standard InChI is InChI=1S/C25H35N3O3/c1-5-30-23-14-11-20(17-24(23)31-6-2)25(29)26-18-22(28-15-7-8-16-28)19-9-12-21(13-10-19)27(3)4/h9-14,17,22H,5-8,15-16,18H2,1-4H3,(H,26,29)/t22-/m1/s1. The molecule has 1 aliphatic rings. The lowest BCUT2D eigenvalue weighted by molar-refractivity contribution is 0.0937. The molecule has 6 heteroatoms. The number of benzene rings is 2. The zero-order chi connectivity index (χ0) is 22.2. The third kappa shape index (κ3) is 5.91. The number of anilines is 1. The lowest BCUT2D eigenvalue weighted by Crippen LogP contribution is -2.36. The molecule has 1 atom stereocenters. The molecule has 31 heavy (non-hydrogen) atoms. The number of hydrogen-bond acceptors (Lipinski definition) is 5. The van der Waals surface area contributed by atoms with Crippen molar-refractivity contribution in [3.63, 3.8) is 0 Å². The molecule has 0 aromatic heterocycles. The fourth-order valence-corrected chi connectivity index (χ4v) is 3.99. The summed E-state index contributed by atoms with van der Waals surface area (Å²) in [6.45, 7) is 7.61. The second kappa shape index (κ2) is 11.0. The molecule has 6 nitrogen and oxygen atoms in total. The summed E-state index contributed by atoms with van der Waals surface area (Å²) in [6.07, 6.45) is 2.41. The Balaban J connectivity index is 1.73. The van der Waals surface area contributed by atoms with Crippen molar-refractivity contribution in [3.8, 4) is 11.5 Å². The van der Waals surface area contributed by atoms with Crippen molar-refractivity contribution in [1.82, 2.24) is 10.2 Å². The monoisotopic (exact) mass is 425 g/mol. The normalized spacial score (nSPS) is 14.8. The first kappa shape index (κ1) is 22.9. The summed E-state index contributed by atoms with van der Waals surface area (Å²) in [5.74, 6) is 1.17. The molecule has 1 N–H and O–H groups in total. The van der Waals surface area contributed by atoms with Crippen LogP contribution in [0.5, 0.6) is 11.5 Å². The molecule has 1 aliphatic heterocycles. The molecule has 1 saturated heterocycles. The maximum absolute atomic E-state index is 12.9. The van der Waals surface area contributed by atoms with Gasteiger partial charge in [-0.15, -0.1) is 0 Å². The van der Waals surface area contributed by atoms with E-state index in [4.69, 9.17) is 9.47 Å². The first-order valence-electron chi connectivity index (χ1n) is 11.2. The number of carbonyl (C=O) groups excluding carboxylic acids is 1. The minimum absolute atomic E-state index is 0.0990. The maximum Gasteiger partial charge on any atom is 0.251 e. The number of nitrogens with one attached hydrogen (secondary N) is 1. The summed E-state index contributed by atoms with van der Waals surface area (Å²) in [6, 6.07) is 14.2. The van der Waals surface area contributed by atoms with Gasteiger partial charge in [-0.05, 0) is 75.7 Å². The van der Waals surface area contributed by atoms with E-state index in [1.165, 1.54) is 24.1 Å². The van der Waals surface area contributed by atoms with Crippen molar-refractivity contribution < 1.29 is 14.3 Å². The van der Waals surface area contributed by atoms with Gasteiger partial charge in [-0.1, -0.05) is 12.1 Å². The Morgan fingerprint density at radius 2 is 1.65 bits per heavy atom.